The van der Waals surface area contributed by atoms with Crippen LogP contribution in [-0.2, 0) is 11.3 Å². The van der Waals surface area contributed by atoms with Gasteiger partial charge in [-0.05, 0) is 17.7 Å². The number of pyridine rings is 1. The maximum absolute atomic E-state index is 9.13. The number of aliphatic hydroxyl groups is 1. The van der Waals surface area contributed by atoms with E-state index in [9.17, 15) is 0 Å². The lowest BCUT2D eigenvalue weighted by Crippen LogP contribution is -2.08. The number of anilines is 1. The van der Waals surface area contributed by atoms with Crippen molar-refractivity contribution in [3.8, 4) is 17.1 Å². The SMILES string of the molecule is COCCOc1nc(N)nc2ccc(-c3ccc(CO)cc3)nc12. The first-order valence-corrected chi connectivity index (χ1v) is 7.47. The van der Waals surface area contributed by atoms with Gasteiger partial charge >= 0.3 is 0 Å². The Balaban J connectivity index is 2.01. The molecule has 0 fully saturated rings. The van der Waals surface area contributed by atoms with Crippen molar-refractivity contribution >= 4 is 17.0 Å². The van der Waals surface area contributed by atoms with E-state index in [1.165, 1.54) is 0 Å². The summed E-state index contributed by atoms with van der Waals surface area (Å²) in [6.45, 7) is 0.795. The molecule has 3 rings (SSSR count). The molecule has 2 aromatic heterocycles. The lowest BCUT2D eigenvalue weighted by atomic mass is 10.1. The second-order valence-corrected chi connectivity index (χ2v) is 5.15. The van der Waals surface area contributed by atoms with Crippen molar-refractivity contribution in [2.24, 2.45) is 0 Å². The van der Waals surface area contributed by atoms with Crippen LogP contribution in [0.2, 0.25) is 0 Å². The van der Waals surface area contributed by atoms with Crippen LogP contribution in [0, 0.1) is 0 Å². The number of fused-ring (bicyclic) bond motifs is 1. The summed E-state index contributed by atoms with van der Waals surface area (Å²) in [6.07, 6.45) is 0. The van der Waals surface area contributed by atoms with Gasteiger partial charge in [0.25, 0.3) is 0 Å². The first kappa shape index (κ1) is 16.1. The van der Waals surface area contributed by atoms with Crippen LogP contribution in [0.15, 0.2) is 36.4 Å². The standard InChI is InChI=1S/C17H18N4O3/c1-23-8-9-24-16-15-14(20-17(18)21-16)7-6-13(19-15)12-4-2-11(10-22)3-5-12/h2-7,22H,8-10H2,1H3,(H2,18,20,21). The summed E-state index contributed by atoms with van der Waals surface area (Å²) in [4.78, 5) is 12.9. The molecule has 0 spiro atoms. The van der Waals surface area contributed by atoms with Crippen molar-refractivity contribution in [1.29, 1.82) is 0 Å². The Kier molecular flexibility index (Phi) is 4.83. The minimum absolute atomic E-state index is 0.00995. The van der Waals surface area contributed by atoms with E-state index in [4.69, 9.17) is 20.3 Å². The average molecular weight is 326 g/mol. The van der Waals surface area contributed by atoms with Crippen molar-refractivity contribution < 1.29 is 14.6 Å². The smallest absolute Gasteiger partial charge is 0.245 e. The Hall–Kier alpha value is -2.77. The minimum Gasteiger partial charge on any atom is -0.474 e. The van der Waals surface area contributed by atoms with E-state index in [2.05, 4.69) is 15.0 Å². The van der Waals surface area contributed by atoms with Gasteiger partial charge in [0.05, 0.1) is 24.4 Å². The van der Waals surface area contributed by atoms with Gasteiger partial charge in [0.15, 0.2) is 5.52 Å². The molecule has 0 radical (unpaired) electrons. The Labute approximate surface area is 139 Å². The van der Waals surface area contributed by atoms with Crippen LogP contribution in [0.5, 0.6) is 5.88 Å². The summed E-state index contributed by atoms with van der Waals surface area (Å²) in [6, 6.07) is 11.2. The van der Waals surface area contributed by atoms with Crippen molar-refractivity contribution in [2.45, 2.75) is 6.61 Å². The number of hydrogen-bond acceptors (Lipinski definition) is 7. The lowest BCUT2D eigenvalue weighted by molar-refractivity contribution is 0.144. The summed E-state index contributed by atoms with van der Waals surface area (Å²) in [5, 5.41) is 9.13. The normalized spacial score (nSPS) is 10.9. The van der Waals surface area contributed by atoms with Gasteiger partial charge in [0, 0.05) is 12.7 Å². The molecular formula is C17H18N4O3. The molecule has 7 heteroatoms. The largest absolute Gasteiger partial charge is 0.474 e. The summed E-state index contributed by atoms with van der Waals surface area (Å²) in [5.74, 6) is 0.472. The van der Waals surface area contributed by atoms with Gasteiger partial charge in [-0.25, -0.2) is 9.97 Å². The number of rotatable bonds is 6. The van der Waals surface area contributed by atoms with Crippen LogP contribution in [0.25, 0.3) is 22.3 Å². The highest BCUT2D eigenvalue weighted by atomic mass is 16.5. The molecule has 3 aromatic rings. The topological polar surface area (TPSA) is 103 Å². The van der Waals surface area contributed by atoms with Gasteiger partial charge in [-0.2, -0.15) is 4.98 Å². The highest BCUT2D eigenvalue weighted by Crippen LogP contribution is 2.26. The number of benzene rings is 1. The van der Waals surface area contributed by atoms with Crippen LogP contribution in [0.1, 0.15) is 5.56 Å². The van der Waals surface area contributed by atoms with Crippen LogP contribution in [-0.4, -0.2) is 40.4 Å². The summed E-state index contributed by atoms with van der Waals surface area (Å²) < 4.78 is 10.6. The average Bonchev–Trinajstić information content (AvgIpc) is 2.61. The molecule has 0 saturated carbocycles. The molecule has 3 N–H and O–H groups in total. The quantitative estimate of drug-likeness (QED) is 0.666. The number of hydrogen-bond donors (Lipinski definition) is 2. The predicted molar refractivity (Wildman–Crippen MR) is 90.5 cm³/mol. The van der Waals surface area contributed by atoms with Crippen molar-refractivity contribution in [1.82, 2.24) is 15.0 Å². The summed E-state index contributed by atoms with van der Waals surface area (Å²) in [5.41, 5.74) is 9.42. The highest BCUT2D eigenvalue weighted by molar-refractivity contribution is 5.83. The number of nitrogens with zero attached hydrogens (tertiary/aromatic N) is 3. The number of methoxy groups -OCH3 is 1. The third kappa shape index (κ3) is 3.42. The monoisotopic (exact) mass is 326 g/mol. The van der Waals surface area contributed by atoms with Gasteiger partial charge in [-0.1, -0.05) is 24.3 Å². The van der Waals surface area contributed by atoms with E-state index in [1.807, 2.05) is 36.4 Å². The molecule has 7 nitrogen and oxygen atoms in total. The van der Waals surface area contributed by atoms with Crippen LogP contribution in [0.4, 0.5) is 5.95 Å². The zero-order chi connectivity index (χ0) is 16.9. The van der Waals surface area contributed by atoms with E-state index in [1.54, 1.807) is 7.11 Å². The fourth-order valence-corrected chi connectivity index (χ4v) is 2.27. The molecule has 0 aliphatic heterocycles. The summed E-state index contributed by atoms with van der Waals surface area (Å²) in [7, 11) is 1.60. The number of nitrogen functional groups attached to an aromatic ring is 1. The van der Waals surface area contributed by atoms with E-state index >= 15 is 0 Å². The second kappa shape index (κ2) is 7.20. The third-order valence-electron chi connectivity index (χ3n) is 3.49. The molecule has 0 aliphatic rings. The van der Waals surface area contributed by atoms with E-state index in [0.29, 0.717) is 30.1 Å². The molecule has 1 aromatic carbocycles. The fraction of sp³-hybridized carbons (Fsp3) is 0.235. The van der Waals surface area contributed by atoms with Gasteiger partial charge in [0.2, 0.25) is 11.8 Å². The molecule has 0 aliphatic carbocycles. The van der Waals surface area contributed by atoms with Gasteiger partial charge in [0.1, 0.15) is 6.61 Å². The second-order valence-electron chi connectivity index (χ2n) is 5.15. The molecule has 24 heavy (non-hydrogen) atoms. The molecule has 0 unspecified atom stereocenters. The van der Waals surface area contributed by atoms with Gasteiger partial charge in [-0.15, -0.1) is 0 Å². The minimum atomic E-state index is 0.00995. The number of nitrogens with two attached hydrogens (primary N) is 1. The number of aliphatic hydroxyl groups excluding tert-OH is 1. The first-order chi connectivity index (χ1) is 11.7. The van der Waals surface area contributed by atoms with E-state index < -0.39 is 0 Å². The Morgan fingerprint density at radius 1 is 1.00 bits per heavy atom. The molecule has 124 valence electrons. The highest BCUT2D eigenvalue weighted by Gasteiger charge is 2.11. The lowest BCUT2D eigenvalue weighted by Gasteiger charge is -2.09. The maximum Gasteiger partial charge on any atom is 0.245 e. The fourth-order valence-electron chi connectivity index (χ4n) is 2.27. The zero-order valence-corrected chi connectivity index (χ0v) is 13.3. The third-order valence-corrected chi connectivity index (χ3v) is 3.49. The maximum atomic E-state index is 9.13. The van der Waals surface area contributed by atoms with Gasteiger partial charge < -0.3 is 20.3 Å². The predicted octanol–water partition coefficient (Wildman–Crippen LogP) is 1.79. The number of ether oxygens (including phenoxy) is 2. The van der Waals surface area contributed by atoms with Crippen LogP contribution in [0.3, 0.4) is 0 Å². The Morgan fingerprint density at radius 3 is 2.50 bits per heavy atom. The Bertz CT molecular complexity index is 837. The molecular weight excluding hydrogens is 308 g/mol. The zero-order valence-electron chi connectivity index (χ0n) is 13.3. The van der Waals surface area contributed by atoms with Crippen LogP contribution >= 0.6 is 0 Å². The molecule has 0 amide bonds. The van der Waals surface area contributed by atoms with Crippen molar-refractivity contribution in [2.75, 3.05) is 26.1 Å². The van der Waals surface area contributed by atoms with E-state index in [0.717, 1.165) is 16.8 Å². The molecule has 2 heterocycles. The van der Waals surface area contributed by atoms with Gasteiger partial charge in [-0.3, -0.25) is 0 Å². The Morgan fingerprint density at radius 2 is 1.79 bits per heavy atom. The van der Waals surface area contributed by atoms with Crippen molar-refractivity contribution in [3.05, 3.63) is 42.0 Å². The molecule has 0 atom stereocenters. The molecule has 0 saturated heterocycles. The number of aromatic nitrogens is 3. The van der Waals surface area contributed by atoms with Crippen molar-refractivity contribution in [3.63, 3.8) is 0 Å². The molecule has 0 bridgehead atoms. The first-order valence-electron chi connectivity index (χ1n) is 7.47. The van der Waals surface area contributed by atoms with Crippen LogP contribution < -0.4 is 10.5 Å². The summed E-state index contributed by atoms with van der Waals surface area (Å²) >= 11 is 0. The van der Waals surface area contributed by atoms with E-state index in [-0.39, 0.29) is 12.6 Å².